The zero-order chi connectivity index (χ0) is 23.0. The number of hydrogen-bond donors (Lipinski definition) is 3. The molecule has 2 aliphatic rings. The van der Waals surface area contributed by atoms with E-state index in [2.05, 4.69) is 15.2 Å². The van der Waals surface area contributed by atoms with Crippen molar-refractivity contribution in [3.8, 4) is 0 Å². The summed E-state index contributed by atoms with van der Waals surface area (Å²) in [6.45, 7) is 6.06. The van der Waals surface area contributed by atoms with Crippen LogP contribution in [0.2, 0.25) is 0 Å². The number of aliphatic carboxylic acids is 1. The van der Waals surface area contributed by atoms with Crippen molar-refractivity contribution >= 4 is 38.3 Å². The monoisotopic (exact) mass is 462 g/mol. The van der Waals surface area contributed by atoms with Crippen molar-refractivity contribution < 1.29 is 23.1 Å². The van der Waals surface area contributed by atoms with Gasteiger partial charge in [-0.25, -0.2) is 8.42 Å². The molecule has 0 bridgehead atoms. The summed E-state index contributed by atoms with van der Waals surface area (Å²) in [5.41, 5.74) is 2.12. The maximum Gasteiger partial charge on any atom is 0.325 e. The van der Waals surface area contributed by atoms with Gasteiger partial charge in [0.05, 0.1) is 11.5 Å². The molecule has 2 atom stereocenters. The molecule has 10 heteroatoms. The van der Waals surface area contributed by atoms with Crippen molar-refractivity contribution in [1.82, 2.24) is 14.8 Å². The van der Waals surface area contributed by atoms with Gasteiger partial charge in [0.15, 0.2) is 9.84 Å². The number of fused-ring (bicyclic) bond motifs is 1. The van der Waals surface area contributed by atoms with E-state index in [1.165, 1.54) is 0 Å². The van der Waals surface area contributed by atoms with E-state index in [9.17, 15) is 23.1 Å². The lowest BCUT2D eigenvalue weighted by molar-refractivity contribution is -0.144. The van der Waals surface area contributed by atoms with Gasteiger partial charge in [-0.05, 0) is 18.6 Å². The van der Waals surface area contributed by atoms with E-state index in [1.54, 1.807) is 12.3 Å². The van der Waals surface area contributed by atoms with Gasteiger partial charge in [0.2, 0.25) is 5.91 Å². The van der Waals surface area contributed by atoms with Crippen LogP contribution in [0.25, 0.3) is 10.9 Å². The predicted molar refractivity (Wildman–Crippen MR) is 122 cm³/mol. The number of nitrogens with one attached hydrogen (secondary N) is 2. The van der Waals surface area contributed by atoms with Gasteiger partial charge in [-0.15, -0.1) is 0 Å². The Kier molecular flexibility index (Phi) is 6.28. The maximum absolute atomic E-state index is 12.2. The number of carboxylic acid groups (broad SMARTS) is 1. The minimum absolute atomic E-state index is 0.0398. The van der Waals surface area contributed by atoms with Crippen LogP contribution in [-0.2, 0) is 19.4 Å². The van der Waals surface area contributed by atoms with Crippen LogP contribution in [0.3, 0.4) is 0 Å². The number of amides is 1. The molecule has 4 rings (SSSR count). The third kappa shape index (κ3) is 4.67. The molecule has 1 aromatic heterocycles. The molecule has 3 heterocycles. The quantitative estimate of drug-likeness (QED) is 0.597. The van der Waals surface area contributed by atoms with Gasteiger partial charge in [-0.3, -0.25) is 19.4 Å². The van der Waals surface area contributed by atoms with Gasteiger partial charge in [0.1, 0.15) is 6.04 Å². The Balaban J connectivity index is 1.49. The van der Waals surface area contributed by atoms with E-state index in [-0.39, 0.29) is 29.4 Å². The highest BCUT2D eigenvalue weighted by molar-refractivity contribution is 7.91. The first-order chi connectivity index (χ1) is 15.1. The number of rotatable bonds is 6. The smallest absolute Gasteiger partial charge is 0.325 e. The summed E-state index contributed by atoms with van der Waals surface area (Å²) < 4.78 is 23.6. The van der Waals surface area contributed by atoms with Gasteiger partial charge < -0.3 is 15.4 Å². The van der Waals surface area contributed by atoms with Crippen LogP contribution in [0.1, 0.15) is 31.9 Å². The molecule has 32 heavy (non-hydrogen) atoms. The van der Waals surface area contributed by atoms with Crippen LogP contribution in [0.15, 0.2) is 24.4 Å². The van der Waals surface area contributed by atoms with Crippen LogP contribution in [0.5, 0.6) is 0 Å². The Morgan fingerprint density at radius 2 is 1.91 bits per heavy atom. The van der Waals surface area contributed by atoms with Gasteiger partial charge in [-0.1, -0.05) is 19.9 Å². The number of carbonyl (C=O) groups excluding carboxylic acids is 1. The van der Waals surface area contributed by atoms with Crippen LogP contribution in [0, 0.1) is 5.92 Å². The minimum Gasteiger partial charge on any atom is -0.480 e. The second-order valence-corrected chi connectivity index (χ2v) is 11.2. The second-order valence-electron chi connectivity index (χ2n) is 9.02. The Morgan fingerprint density at radius 3 is 2.50 bits per heavy atom. The van der Waals surface area contributed by atoms with E-state index in [0.717, 1.165) is 10.9 Å². The zero-order valence-electron chi connectivity index (χ0n) is 18.4. The van der Waals surface area contributed by atoms with Crippen molar-refractivity contribution in [2.24, 2.45) is 5.92 Å². The first-order valence-electron chi connectivity index (χ1n) is 11.0. The van der Waals surface area contributed by atoms with Crippen molar-refractivity contribution in [3.05, 3.63) is 30.0 Å². The molecule has 0 aliphatic carbocycles. The number of carbonyl (C=O) groups is 2. The molecular weight excluding hydrogens is 432 g/mol. The summed E-state index contributed by atoms with van der Waals surface area (Å²) in [4.78, 5) is 31.5. The number of sulfone groups is 1. The van der Waals surface area contributed by atoms with Gasteiger partial charge >= 0.3 is 5.97 Å². The Hall–Kier alpha value is -2.43. The molecule has 2 aromatic rings. The maximum atomic E-state index is 12.2. The molecular formula is C22H30N4O5S. The molecule has 1 amide bonds. The number of carboxylic acids is 1. The zero-order valence-corrected chi connectivity index (χ0v) is 19.2. The summed E-state index contributed by atoms with van der Waals surface area (Å²) in [5.74, 6) is -0.685. The number of anilines is 1. The highest BCUT2D eigenvalue weighted by Crippen LogP contribution is 2.31. The molecule has 2 fully saturated rings. The molecule has 174 valence electrons. The third-order valence-corrected chi connectivity index (χ3v) is 8.22. The number of nitrogens with zero attached hydrogens (tertiary/aromatic N) is 2. The average molecular weight is 463 g/mol. The predicted octanol–water partition coefficient (Wildman–Crippen LogP) is 1.69. The summed E-state index contributed by atoms with van der Waals surface area (Å²) in [6.07, 6.45) is 2.39. The molecule has 3 N–H and O–H groups in total. The summed E-state index contributed by atoms with van der Waals surface area (Å²) in [7, 11) is -2.94. The number of benzene rings is 1. The van der Waals surface area contributed by atoms with Crippen LogP contribution in [-0.4, -0.2) is 83.9 Å². The molecule has 9 nitrogen and oxygen atoms in total. The molecule has 0 radical (unpaired) electrons. The topological polar surface area (TPSA) is 123 Å². The molecule has 0 unspecified atom stereocenters. The molecule has 0 saturated carbocycles. The number of hydrogen-bond acceptors (Lipinski definition) is 6. The Morgan fingerprint density at radius 1 is 1.19 bits per heavy atom. The van der Waals surface area contributed by atoms with Crippen LogP contribution in [0.4, 0.5) is 5.69 Å². The lowest BCUT2D eigenvalue weighted by atomic mass is 10.0. The van der Waals surface area contributed by atoms with Crippen LogP contribution < -0.4 is 5.32 Å². The van der Waals surface area contributed by atoms with Crippen molar-refractivity contribution in [2.75, 3.05) is 43.0 Å². The number of aromatic amines is 1. The third-order valence-electron chi connectivity index (χ3n) is 6.47. The summed E-state index contributed by atoms with van der Waals surface area (Å²) in [6, 6.07) is 4.69. The van der Waals surface area contributed by atoms with E-state index in [0.29, 0.717) is 43.9 Å². The lowest BCUT2D eigenvalue weighted by Crippen LogP contribution is -2.52. The molecule has 2 aliphatic heterocycles. The van der Waals surface area contributed by atoms with Crippen molar-refractivity contribution in [1.29, 1.82) is 0 Å². The highest BCUT2D eigenvalue weighted by atomic mass is 32.2. The first-order valence-corrected chi connectivity index (χ1v) is 12.8. The first kappa shape index (κ1) is 22.8. The standard InChI is InChI=1S/C22H30N4O5S/c1-14(2)21(27)24-15-3-4-17-18(12-23-19(17)11-15)20(22(28)29)26-8-6-25(7-9-26)16-5-10-32(30,31)13-16/h3-4,11-12,14,16,20,23H,5-10,13H2,1-2H3,(H,24,27)(H,28,29)/t16-,20-/m1/s1. The van der Waals surface area contributed by atoms with Crippen molar-refractivity contribution in [2.45, 2.75) is 32.4 Å². The Labute approximate surface area is 187 Å². The van der Waals surface area contributed by atoms with E-state index < -0.39 is 21.8 Å². The lowest BCUT2D eigenvalue weighted by Gasteiger charge is -2.39. The molecule has 2 saturated heterocycles. The Bertz CT molecular complexity index is 1120. The fourth-order valence-corrected chi connectivity index (χ4v) is 6.41. The van der Waals surface area contributed by atoms with Gasteiger partial charge in [0.25, 0.3) is 0 Å². The minimum atomic E-state index is -2.94. The largest absolute Gasteiger partial charge is 0.480 e. The fourth-order valence-electron chi connectivity index (χ4n) is 4.65. The SMILES string of the molecule is CC(C)C(=O)Nc1ccc2c([C@H](C(=O)O)N3CCN([C@@H]4CCS(=O)(=O)C4)CC3)c[nH]c2c1. The number of piperazine rings is 1. The van der Waals surface area contributed by atoms with E-state index in [1.807, 2.05) is 30.9 Å². The van der Waals surface area contributed by atoms with Crippen LogP contribution >= 0.6 is 0 Å². The second kappa shape index (κ2) is 8.84. The summed E-state index contributed by atoms with van der Waals surface area (Å²) >= 11 is 0. The summed E-state index contributed by atoms with van der Waals surface area (Å²) in [5, 5.41) is 13.7. The average Bonchev–Trinajstić information content (AvgIpc) is 3.31. The highest BCUT2D eigenvalue weighted by Gasteiger charge is 2.37. The molecule has 0 spiro atoms. The fraction of sp³-hybridized carbons (Fsp3) is 0.545. The number of aromatic nitrogens is 1. The van der Waals surface area contributed by atoms with E-state index >= 15 is 0 Å². The number of H-pyrrole nitrogens is 1. The normalized spacial score (nSPS) is 22.9. The van der Waals surface area contributed by atoms with E-state index in [4.69, 9.17) is 0 Å². The van der Waals surface area contributed by atoms with Crippen molar-refractivity contribution in [3.63, 3.8) is 0 Å². The molecule has 1 aromatic carbocycles. The van der Waals surface area contributed by atoms with Gasteiger partial charge in [-0.2, -0.15) is 0 Å². The van der Waals surface area contributed by atoms with Gasteiger partial charge in [0, 0.05) is 66.5 Å².